The van der Waals surface area contributed by atoms with E-state index in [1.54, 1.807) is 32.0 Å². The number of methoxy groups -OCH3 is 2. The normalized spacial score (nSPS) is 15.6. The number of amides is 4. The van der Waals surface area contributed by atoms with Crippen molar-refractivity contribution in [1.29, 1.82) is 0 Å². The Bertz CT molecular complexity index is 2050. The first-order valence-electron chi connectivity index (χ1n) is 20.1. The van der Waals surface area contributed by atoms with Crippen LogP contribution >= 0.6 is 0 Å². The third-order valence-corrected chi connectivity index (χ3v) is 15.7. The predicted molar refractivity (Wildman–Crippen MR) is 229 cm³/mol. The van der Waals surface area contributed by atoms with E-state index in [4.69, 9.17) is 13.9 Å². The van der Waals surface area contributed by atoms with Crippen LogP contribution in [-0.4, -0.2) is 76.8 Å². The Labute approximate surface area is 348 Å². The summed E-state index contributed by atoms with van der Waals surface area (Å²) >= 11 is 0. The molecule has 3 atom stereocenters. The van der Waals surface area contributed by atoms with Crippen molar-refractivity contribution < 1.29 is 42.6 Å². The second kappa shape index (κ2) is 19.1. The van der Waals surface area contributed by atoms with E-state index in [9.17, 15) is 24.0 Å². The van der Waals surface area contributed by atoms with E-state index in [1.165, 1.54) is 14.2 Å². The molecule has 0 saturated carbocycles. The van der Waals surface area contributed by atoms with Gasteiger partial charge in [-0.1, -0.05) is 39.0 Å². The molecule has 5 rings (SSSR count). The standard InChI is InChI=1S/C44H59N5O9Si/c1-27(46-39(50)16-12-13-17-40(51)56-7)41(52)47-28(2)42(53)48-32-19-29(18-30(20-32)26-58-59(8,9)44(3,4)5)25-57-38-23-35-34(22-37(38)55-6)43(54)49-33(24-45-35)21-31-14-10-11-15-36(31)49/h10-11,14-15,18-20,22-23,27-28,33,45H,12-13,16-17,21,24-26H2,1-9H3,(H,46,50)(H,47,52)(H,48,53)/t27-,28-,33-/m0/s1. The monoisotopic (exact) mass is 829 g/mol. The fraction of sp³-hybridized carbons (Fsp3) is 0.477. The third-order valence-electron chi connectivity index (χ3n) is 11.3. The number of hydrogen-bond donors (Lipinski definition) is 4. The lowest BCUT2D eigenvalue weighted by Crippen LogP contribution is -2.50. The van der Waals surface area contributed by atoms with Crippen LogP contribution in [0.25, 0.3) is 0 Å². The fourth-order valence-electron chi connectivity index (χ4n) is 6.75. The van der Waals surface area contributed by atoms with Gasteiger partial charge in [0.25, 0.3) is 5.91 Å². The van der Waals surface area contributed by atoms with Gasteiger partial charge in [0.2, 0.25) is 17.7 Å². The number of hydrogen-bond acceptors (Lipinski definition) is 10. The number of anilines is 3. The Morgan fingerprint density at radius 1 is 0.881 bits per heavy atom. The summed E-state index contributed by atoms with van der Waals surface area (Å²) in [6, 6.07) is 15.3. The van der Waals surface area contributed by atoms with Crippen LogP contribution in [0.4, 0.5) is 17.1 Å². The molecular formula is C44H59N5O9Si. The summed E-state index contributed by atoms with van der Waals surface area (Å²) < 4.78 is 23.3. The van der Waals surface area contributed by atoms with Gasteiger partial charge >= 0.3 is 5.97 Å². The first-order valence-corrected chi connectivity index (χ1v) is 23.1. The number of rotatable bonds is 17. The molecule has 14 nitrogen and oxygen atoms in total. The van der Waals surface area contributed by atoms with E-state index in [2.05, 4.69) is 65.9 Å². The highest BCUT2D eigenvalue weighted by molar-refractivity contribution is 6.74. The molecule has 0 spiro atoms. The quantitative estimate of drug-likeness (QED) is 0.0671. The van der Waals surface area contributed by atoms with Crippen LogP contribution in [-0.2, 0) is 48.0 Å². The molecule has 0 unspecified atom stereocenters. The highest BCUT2D eigenvalue weighted by Gasteiger charge is 2.38. The van der Waals surface area contributed by atoms with Crippen molar-refractivity contribution in [3.63, 3.8) is 0 Å². The Morgan fingerprint density at radius 2 is 1.56 bits per heavy atom. The van der Waals surface area contributed by atoms with Gasteiger partial charge in [-0.25, -0.2) is 0 Å². The van der Waals surface area contributed by atoms with Crippen molar-refractivity contribution in [2.45, 2.75) is 116 Å². The van der Waals surface area contributed by atoms with E-state index >= 15 is 0 Å². The summed E-state index contributed by atoms with van der Waals surface area (Å²) in [6.07, 6.45) is 2.09. The third kappa shape index (κ3) is 11.2. The summed E-state index contributed by atoms with van der Waals surface area (Å²) in [5.74, 6) is -0.898. The van der Waals surface area contributed by atoms with Crippen LogP contribution in [0, 0.1) is 0 Å². The van der Waals surface area contributed by atoms with E-state index in [0.29, 0.717) is 54.4 Å². The minimum Gasteiger partial charge on any atom is -0.493 e. The number of nitrogens with one attached hydrogen (secondary N) is 4. The molecule has 15 heteroatoms. The number of carbonyl (C=O) groups is 5. The Hall–Kier alpha value is -5.41. The van der Waals surface area contributed by atoms with Gasteiger partial charge in [0.1, 0.15) is 18.7 Å². The van der Waals surface area contributed by atoms with Crippen LogP contribution in [0.2, 0.25) is 18.1 Å². The highest BCUT2D eigenvalue weighted by atomic mass is 28.4. The molecule has 0 bridgehead atoms. The van der Waals surface area contributed by atoms with E-state index in [-0.39, 0.29) is 48.3 Å². The molecule has 2 aliphatic rings. The summed E-state index contributed by atoms with van der Waals surface area (Å²) in [4.78, 5) is 65.9. The Morgan fingerprint density at radius 3 is 2.25 bits per heavy atom. The molecule has 3 aromatic carbocycles. The lowest BCUT2D eigenvalue weighted by atomic mass is 10.1. The molecule has 59 heavy (non-hydrogen) atoms. The smallest absolute Gasteiger partial charge is 0.305 e. The van der Waals surface area contributed by atoms with Crippen LogP contribution in [0.1, 0.15) is 87.4 Å². The molecule has 318 valence electrons. The number of para-hydroxylation sites is 1. The first kappa shape index (κ1) is 44.7. The molecular weight excluding hydrogens is 771 g/mol. The number of benzene rings is 3. The average molecular weight is 830 g/mol. The molecule has 0 aliphatic carbocycles. The second-order valence-corrected chi connectivity index (χ2v) is 21.6. The number of nitrogens with zero attached hydrogens (tertiary/aromatic N) is 1. The van der Waals surface area contributed by atoms with Crippen LogP contribution in [0.3, 0.4) is 0 Å². The maximum Gasteiger partial charge on any atom is 0.305 e. The maximum absolute atomic E-state index is 13.9. The predicted octanol–water partition coefficient (Wildman–Crippen LogP) is 6.47. The average Bonchev–Trinajstić information content (AvgIpc) is 3.51. The second-order valence-electron chi connectivity index (χ2n) is 16.8. The molecule has 0 fully saturated rings. The summed E-state index contributed by atoms with van der Waals surface area (Å²) in [5.41, 5.74) is 5.28. The zero-order valence-electron chi connectivity index (χ0n) is 35.7. The number of unbranched alkanes of at least 4 members (excludes halogenated alkanes) is 1. The highest BCUT2D eigenvalue weighted by Crippen LogP contribution is 2.41. The Kier molecular flexibility index (Phi) is 14.5. The Balaban J connectivity index is 1.28. The minimum absolute atomic E-state index is 0.0180. The number of esters is 1. The first-order chi connectivity index (χ1) is 27.9. The van der Waals surface area contributed by atoms with Gasteiger partial charge in [-0.2, -0.15) is 0 Å². The van der Waals surface area contributed by atoms with Crippen molar-refractivity contribution in [3.8, 4) is 11.5 Å². The number of fused-ring (bicyclic) bond motifs is 4. The van der Waals surface area contributed by atoms with Crippen molar-refractivity contribution >= 4 is 55.0 Å². The van der Waals surface area contributed by atoms with E-state index in [1.807, 2.05) is 35.2 Å². The van der Waals surface area contributed by atoms with Gasteiger partial charge < -0.3 is 44.8 Å². The molecule has 0 saturated heterocycles. The molecule has 2 aliphatic heterocycles. The fourth-order valence-corrected chi connectivity index (χ4v) is 7.71. The van der Waals surface area contributed by atoms with Gasteiger partial charge in [-0.15, -0.1) is 0 Å². The maximum atomic E-state index is 13.9. The van der Waals surface area contributed by atoms with Crippen molar-refractivity contribution in [2.75, 3.05) is 36.3 Å². The number of ether oxygens (including phenoxy) is 3. The summed E-state index contributed by atoms with van der Waals surface area (Å²) in [6.45, 7) is 15.0. The topological polar surface area (TPSA) is 174 Å². The van der Waals surface area contributed by atoms with Crippen LogP contribution in [0.5, 0.6) is 11.5 Å². The van der Waals surface area contributed by atoms with Gasteiger partial charge in [0.15, 0.2) is 19.8 Å². The molecule has 0 radical (unpaired) electrons. The van der Waals surface area contributed by atoms with Crippen LogP contribution in [0.15, 0.2) is 54.6 Å². The van der Waals surface area contributed by atoms with Gasteiger partial charge in [0.05, 0.1) is 38.1 Å². The molecule has 4 N–H and O–H groups in total. The lowest BCUT2D eigenvalue weighted by Gasteiger charge is -2.36. The van der Waals surface area contributed by atoms with Crippen molar-refractivity contribution in [1.82, 2.24) is 10.6 Å². The van der Waals surface area contributed by atoms with Gasteiger partial charge in [-0.3, -0.25) is 24.0 Å². The van der Waals surface area contributed by atoms with Gasteiger partial charge in [0, 0.05) is 36.8 Å². The SMILES string of the molecule is COC(=O)CCCCC(=O)N[C@@H](C)C(=O)N[C@@H](C)C(=O)Nc1cc(COc2cc3c(cc2OC)C(=O)N2c4ccccc4C[C@H]2CN3)cc(CO[Si](C)(C)C(C)(C)C)c1. The zero-order valence-corrected chi connectivity index (χ0v) is 36.7. The molecule has 2 heterocycles. The summed E-state index contributed by atoms with van der Waals surface area (Å²) in [5, 5.41) is 11.7. The van der Waals surface area contributed by atoms with Crippen LogP contribution < -0.4 is 35.6 Å². The van der Waals surface area contributed by atoms with E-state index < -0.39 is 32.2 Å². The summed E-state index contributed by atoms with van der Waals surface area (Å²) in [7, 11) is 0.715. The molecule has 4 amide bonds. The largest absolute Gasteiger partial charge is 0.493 e. The zero-order chi connectivity index (χ0) is 43.1. The van der Waals surface area contributed by atoms with E-state index in [0.717, 1.165) is 28.8 Å². The van der Waals surface area contributed by atoms with Crippen molar-refractivity contribution in [3.05, 3.63) is 76.9 Å². The van der Waals surface area contributed by atoms with Gasteiger partial charge in [-0.05, 0) is 98.3 Å². The minimum atomic E-state index is -2.13. The molecule has 0 aromatic heterocycles. The number of carbonyl (C=O) groups excluding carboxylic acids is 5. The molecule has 3 aromatic rings. The lowest BCUT2D eigenvalue weighted by molar-refractivity contribution is -0.140. The van der Waals surface area contributed by atoms with Crippen molar-refractivity contribution in [2.24, 2.45) is 0 Å².